The van der Waals surface area contributed by atoms with Crippen molar-refractivity contribution in [2.75, 3.05) is 0 Å². The third-order valence-electron chi connectivity index (χ3n) is 3.01. The van der Waals surface area contributed by atoms with Gasteiger partial charge < -0.3 is 5.11 Å². The molecule has 19 heavy (non-hydrogen) atoms. The molecule has 2 aromatic carbocycles. The van der Waals surface area contributed by atoms with Crippen LogP contribution >= 0.6 is 11.6 Å². The fourth-order valence-electron chi connectivity index (χ4n) is 1.94. The van der Waals surface area contributed by atoms with Crippen LogP contribution in [-0.4, -0.2) is 20.1 Å². The van der Waals surface area contributed by atoms with Gasteiger partial charge in [-0.05, 0) is 42.3 Å². The minimum absolute atomic E-state index is 0.156. The molecule has 0 aliphatic rings. The minimum Gasteiger partial charge on any atom is -0.506 e. The van der Waals surface area contributed by atoms with Crippen molar-refractivity contribution < 1.29 is 5.11 Å². The van der Waals surface area contributed by atoms with Crippen LogP contribution in [0.4, 0.5) is 0 Å². The number of benzene rings is 2. The second kappa shape index (κ2) is 4.55. The number of phenolic OH excluding ortho intramolecular Hbond substituents is 1. The smallest absolute Gasteiger partial charge is 0.143 e. The van der Waals surface area contributed by atoms with Crippen molar-refractivity contribution in [3.05, 3.63) is 47.0 Å². The van der Waals surface area contributed by atoms with Crippen molar-refractivity contribution in [2.45, 2.75) is 13.3 Å². The van der Waals surface area contributed by atoms with Gasteiger partial charge in [-0.25, -0.2) is 0 Å². The first-order valence-electron chi connectivity index (χ1n) is 6.02. The van der Waals surface area contributed by atoms with Crippen molar-refractivity contribution in [1.82, 2.24) is 15.0 Å². The SMILES string of the molecule is CCc1ccc(O)c(-n2nc3ccc(Cl)cc3n2)c1. The molecule has 0 saturated carbocycles. The topological polar surface area (TPSA) is 50.9 Å². The lowest BCUT2D eigenvalue weighted by atomic mass is 10.1. The van der Waals surface area contributed by atoms with E-state index in [4.69, 9.17) is 11.6 Å². The van der Waals surface area contributed by atoms with Gasteiger partial charge in [0.1, 0.15) is 22.5 Å². The molecule has 3 rings (SSSR count). The molecule has 0 spiro atoms. The molecule has 5 heteroatoms. The van der Waals surface area contributed by atoms with E-state index >= 15 is 0 Å². The summed E-state index contributed by atoms with van der Waals surface area (Å²) in [5.41, 5.74) is 3.14. The van der Waals surface area contributed by atoms with Crippen molar-refractivity contribution in [3.63, 3.8) is 0 Å². The van der Waals surface area contributed by atoms with Crippen LogP contribution < -0.4 is 0 Å². The van der Waals surface area contributed by atoms with Crippen LogP contribution in [-0.2, 0) is 6.42 Å². The van der Waals surface area contributed by atoms with Gasteiger partial charge in [-0.15, -0.1) is 15.0 Å². The molecule has 4 nitrogen and oxygen atoms in total. The number of halogens is 1. The summed E-state index contributed by atoms with van der Waals surface area (Å²) in [6.07, 6.45) is 0.889. The fourth-order valence-corrected chi connectivity index (χ4v) is 2.11. The van der Waals surface area contributed by atoms with E-state index in [1.165, 1.54) is 4.80 Å². The van der Waals surface area contributed by atoms with E-state index in [0.29, 0.717) is 16.2 Å². The average Bonchev–Trinajstić information content (AvgIpc) is 2.82. The largest absolute Gasteiger partial charge is 0.506 e. The van der Waals surface area contributed by atoms with E-state index in [1.807, 2.05) is 18.2 Å². The van der Waals surface area contributed by atoms with E-state index in [0.717, 1.165) is 17.5 Å². The Kier molecular flexibility index (Phi) is 2.87. The number of hydrogen-bond acceptors (Lipinski definition) is 3. The Morgan fingerprint density at radius 2 is 1.89 bits per heavy atom. The van der Waals surface area contributed by atoms with E-state index in [-0.39, 0.29) is 5.75 Å². The first-order valence-corrected chi connectivity index (χ1v) is 6.40. The second-order valence-electron chi connectivity index (χ2n) is 4.30. The predicted octanol–water partition coefficient (Wildman–Crippen LogP) is 3.34. The highest BCUT2D eigenvalue weighted by atomic mass is 35.5. The summed E-state index contributed by atoms with van der Waals surface area (Å²) in [5, 5.41) is 19.2. The van der Waals surface area contributed by atoms with Crippen LogP contribution in [0.1, 0.15) is 12.5 Å². The first-order chi connectivity index (χ1) is 9.17. The molecule has 1 heterocycles. The van der Waals surface area contributed by atoms with Crippen molar-refractivity contribution in [3.8, 4) is 11.4 Å². The third kappa shape index (κ3) is 2.15. The van der Waals surface area contributed by atoms with E-state index < -0.39 is 0 Å². The molecule has 0 unspecified atom stereocenters. The molecule has 3 aromatic rings. The maximum absolute atomic E-state index is 9.94. The number of fused-ring (bicyclic) bond motifs is 1. The second-order valence-corrected chi connectivity index (χ2v) is 4.74. The summed E-state index contributed by atoms with van der Waals surface area (Å²) in [4.78, 5) is 1.44. The van der Waals surface area contributed by atoms with E-state index in [2.05, 4.69) is 17.1 Å². The molecule has 0 fully saturated rings. The van der Waals surface area contributed by atoms with Gasteiger partial charge in [-0.3, -0.25) is 0 Å². The van der Waals surface area contributed by atoms with Gasteiger partial charge in [0.25, 0.3) is 0 Å². The predicted molar refractivity (Wildman–Crippen MR) is 74.9 cm³/mol. The van der Waals surface area contributed by atoms with Crippen molar-refractivity contribution in [2.24, 2.45) is 0 Å². The maximum Gasteiger partial charge on any atom is 0.143 e. The molecule has 0 atom stereocenters. The molecule has 0 aliphatic carbocycles. The Hall–Kier alpha value is -2.07. The number of nitrogens with zero attached hydrogens (tertiary/aromatic N) is 3. The Morgan fingerprint density at radius 3 is 2.68 bits per heavy atom. The molecular weight excluding hydrogens is 262 g/mol. The van der Waals surface area contributed by atoms with Gasteiger partial charge >= 0.3 is 0 Å². The normalized spacial score (nSPS) is 11.1. The van der Waals surface area contributed by atoms with Crippen LogP contribution in [0.25, 0.3) is 16.7 Å². The number of hydrogen-bond donors (Lipinski definition) is 1. The molecule has 0 saturated heterocycles. The van der Waals surface area contributed by atoms with Gasteiger partial charge in [0, 0.05) is 5.02 Å². The Bertz CT molecular complexity index is 752. The Balaban J connectivity index is 2.18. The highest BCUT2D eigenvalue weighted by Crippen LogP contribution is 2.24. The maximum atomic E-state index is 9.94. The minimum atomic E-state index is 0.156. The number of aromatic hydroxyl groups is 1. The van der Waals surface area contributed by atoms with Crippen LogP contribution in [0.3, 0.4) is 0 Å². The van der Waals surface area contributed by atoms with Crippen LogP contribution in [0.5, 0.6) is 5.75 Å². The van der Waals surface area contributed by atoms with Crippen LogP contribution in [0.2, 0.25) is 5.02 Å². The lowest BCUT2D eigenvalue weighted by molar-refractivity contribution is 0.467. The third-order valence-corrected chi connectivity index (χ3v) is 3.24. The molecule has 1 N–H and O–H groups in total. The highest BCUT2D eigenvalue weighted by molar-refractivity contribution is 6.31. The standard InChI is InChI=1S/C14H12ClN3O/c1-2-9-3-6-14(19)13(7-9)18-16-11-5-4-10(15)8-12(11)17-18/h3-8,19H,2H2,1H3. The monoisotopic (exact) mass is 273 g/mol. The first kappa shape index (κ1) is 12.0. The highest BCUT2D eigenvalue weighted by Gasteiger charge is 2.09. The van der Waals surface area contributed by atoms with E-state index in [1.54, 1.807) is 18.2 Å². The van der Waals surface area contributed by atoms with E-state index in [9.17, 15) is 5.11 Å². The summed E-state index contributed by atoms with van der Waals surface area (Å²) >= 11 is 5.93. The Morgan fingerprint density at radius 1 is 1.11 bits per heavy atom. The zero-order valence-corrected chi connectivity index (χ0v) is 11.1. The number of phenols is 1. The van der Waals surface area contributed by atoms with Gasteiger partial charge in [0.2, 0.25) is 0 Å². The summed E-state index contributed by atoms with van der Waals surface area (Å²) in [7, 11) is 0. The quantitative estimate of drug-likeness (QED) is 0.779. The van der Waals surface area contributed by atoms with Crippen LogP contribution in [0, 0.1) is 0 Å². The van der Waals surface area contributed by atoms with Crippen molar-refractivity contribution in [1.29, 1.82) is 0 Å². The van der Waals surface area contributed by atoms with Crippen molar-refractivity contribution >= 4 is 22.6 Å². The lowest BCUT2D eigenvalue weighted by Crippen LogP contribution is -1.99. The van der Waals surface area contributed by atoms with Gasteiger partial charge in [0.15, 0.2) is 0 Å². The Labute approximate surface area is 115 Å². The molecule has 0 aliphatic heterocycles. The van der Waals surface area contributed by atoms with Crippen LogP contribution in [0.15, 0.2) is 36.4 Å². The molecule has 0 bridgehead atoms. The zero-order valence-electron chi connectivity index (χ0n) is 10.3. The summed E-state index contributed by atoms with van der Waals surface area (Å²) in [5.74, 6) is 0.156. The molecular formula is C14H12ClN3O. The molecule has 0 amide bonds. The zero-order chi connectivity index (χ0) is 13.4. The molecule has 1 aromatic heterocycles. The molecule has 96 valence electrons. The average molecular weight is 274 g/mol. The lowest BCUT2D eigenvalue weighted by Gasteiger charge is -2.04. The number of rotatable bonds is 2. The van der Waals surface area contributed by atoms with Gasteiger partial charge in [-0.2, -0.15) is 0 Å². The number of aromatic nitrogens is 3. The van der Waals surface area contributed by atoms with Gasteiger partial charge in [-0.1, -0.05) is 24.6 Å². The number of aryl methyl sites for hydroxylation is 1. The molecule has 0 radical (unpaired) electrons. The summed E-state index contributed by atoms with van der Waals surface area (Å²) < 4.78 is 0. The summed E-state index contributed by atoms with van der Waals surface area (Å²) in [6.45, 7) is 2.06. The summed E-state index contributed by atoms with van der Waals surface area (Å²) in [6, 6.07) is 10.8. The fraction of sp³-hybridized carbons (Fsp3) is 0.143. The van der Waals surface area contributed by atoms with Gasteiger partial charge in [0.05, 0.1) is 0 Å².